The molecule has 0 saturated carbocycles. The number of rotatable bonds is 5. The van der Waals surface area contributed by atoms with Gasteiger partial charge < -0.3 is 14.5 Å². The van der Waals surface area contributed by atoms with Crippen LogP contribution >= 0.6 is 0 Å². The molecule has 1 aliphatic heterocycles. The molecule has 0 N–H and O–H groups in total. The second-order valence-corrected chi connectivity index (χ2v) is 2.76. The first kappa shape index (κ1) is 10.5. The van der Waals surface area contributed by atoms with E-state index in [-0.39, 0.29) is 0 Å². The average Bonchev–Trinajstić information content (AvgIpc) is 2.51. The molecule has 0 amide bonds. The molecule has 0 aliphatic carbocycles. The van der Waals surface area contributed by atoms with Gasteiger partial charge in [-0.2, -0.15) is 0 Å². The summed E-state index contributed by atoms with van der Waals surface area (Å²) in [4.78, 5) is 13.7. The Morgan fingerprint density at radius 1 is 1.64 bits per heavy atom. The molecule has 0 unspecified atom stereocenters. The van der Waals surface area contributed by atoms with Crippen LogP contribution in [0.4, 0.5) is 0 Å². The van der Waals surface area contributed by atoms with E-state index >= 15 is 0 Å². The minimum absolute atomic E-state index is 0.383. The lowest BCUT2D eigenvalue weighted by atomic mass is 10.6. The van der Waals surface area contributed by atoms with Crippen molar-refractivity contribution >= 4 is 0 Å². The molecule has 0 fully saturated rings. The van der Waals surface area contributed by atoms with Crippen LogP contribution in [0.15, 0.2) is 42.3 Å². The van der Waals surface area contributed by atoms with E-state index in [2.05, 4.69) is 11.8 Å². The van der Waals surface area contributed by atoms with Gasteiger partial charge in [0.1, 0.15) is 18.8 Å². The summed E-state index contributed by atoms with van der Waals surface area (Å²) < 4.78 is 5.24. The Labute approximate surface area is 82.9 Å². The van der Waals surface area contributed by atoms with Gasteiger partial charge in [0.2, 0.25) is 0 Å². The molecule has 0 atom stereocenters. The maximum absolute atomic E-state index is 10.1. The number of hydrogen-bond acceptors (Lipinski definition) is 5. The van der Waals surface area contributed by atoms with Crippen molar-refractivity contribution < 1.29 is 4.74 Å². The second kappa shape index (κ2) is 5.18. The fourth-order valence-electron chi connectivity index (χ4n) is 1.09. The highest BCUT2D eigenvalue weighted by Crippen LogP contribution is 2.17. The molecule has 0 bridgehead atoms. The third-order valence-corrected chi connectivity index (χ3v) is 1.76. The fourth-order valence-corrected chi connectivity index (χ4v) is 1.09. The summed E-state index contributed by atoms with van der Waals surface area (Å²) in [6, 6.07) is 0. The molecule has 1 rings (SSSR count). The Morgan fingerprint density at radius 2 is 2.43 bits per heavy atom. The zero-order chi connectivity index (χ0) is 10.4. The van der Waals surface area contributed by atoms with E-state index in [0.717, 1.165) is 0 Å². The van der Waals surface area contributed by atoms with Crippen molar-refractivity contribution in [1.29, 1.82) is 0 Å². The lowest BCUT2D eigenvalue weighted by Crippen LogP contribution is -2.22. The van der Waals surface area contributed by atoms with Crippen LogP contribution in [0.25, 0.3) is 0 Å². The van der Waals surface area contributed by atoms with Crippen molar-refractivity contribution in [2.24, 2.45) is 5.18 Å². The maximum atomic E-state index is 10.1. The highest BCUT2D eigenvalue weighted by atomic mass is 16.5. The first-order chi connectivity index (χ1) is 6.79. The summed E-state index contributed by atoms with van der Waals surface area (Å²) >= 11 is 0. The number of nitrogens with zero attached hydrogens (tertiary/aromatic N) is 3. The van der Waals surface area contributed by atoms with Gasteiger partial charge in [-0.1, -0.05) is 6.08 Å². The van der Waals surface area contributed by atoms with Gasteiger partial charge in [0.25, 0.3) is 0 Å². The molecule has 0 spiro atoms. The highest BCUT2D eigenvalue weighted by molar-refractivity contribution is 5.12. The average molecular weight is 195 g/mol. The second-order valence-electron chi connectivity index (χ2n) is 2.76. The standard InChI is InChI=1S/C9H13N3O2/c1-3-6-14-8-12-5-4-11(2)9(12)7-10-13/h3-5,7H,1,6,8H2,2H3/b9-7+. The summed E-state index contributed by atoms with van der Waals surface area (Å²) in [7, 11) is 1.83. The van der Waals surface area contributed by atoms with Gasteiger partial charge in [-0.05, 0) is 5.18 Å². The zero-order valence-corrected chi connectivity index (χ0v) is 8.09. The molecule has 0 aromatic carbocycles. The van der Waals surface area contributed by atoms with E-state index in [1.54, 1.807) is 15.9 Å². The van der Waals surface area contributed by atoms with Crippen molar-refractivity contribution in [3.05, 3.63) is 42.0 Å². The van der Waals surface area contributed by atoms with E-state index in [1.807, 2.05) is 19.4 Å². The quantitative estimate of drug-likeness (QED) is 0.378. The van der Waals surface area contributed by atoms with Crippen molar-refractivity contribution in [3.8, 4) is 0 Å². The molecule has 1 heterocycles. The topological polar surface area (TPSA) is 45.1 Å². The van der Waals surface area contributed by atoms with Crippen LogP contribution in [-0.4, -0.2) is 30.2 Å². The van der Waals surface area contributed by atoms with E-state index in [9.17, 15) is 4.91 Å². The van der Waals surface area contributed by atoms with Gasteiger partial charge in [-0.15, -0.1) is 11.5 Å². The third-order valence-electron chi connectivity index (χ3n) is 1.76. The largest absolute Gasteiger partial charge is 0.357 e. The number of ether oxygens (including phenoxy) is 1. The summed E-state index contributed by atoms with van der Waals surface area (Å²) in [6.07, 6.45) is 6.57. The fraction of sp³-hybridized carbons (Fsp3) is 0.333. The normalized spacial score (nSPS) is 17.9. The lowest BCUT2D eigenvalue weighted by molar-refractivity contribution is 0.0850. The minimum Gasteiger partial charge on any atom is -0.357 e. The summed E-state index contributed by atoms with van der Waals surface area (Å²) in [6.45, 7) is 4.41. The van der Waals surface area contributed by atoms with Crippen LogP contribution in [0, 0.1) is 4.91 Å². The Balaban J connectivity index is 2.51. The number of nitroso groups, excluding NO2 is 1. The smallest absolute Gasteiger partial charge is 0.136 e. The van der Waals surface area contributed by atoms with Crippen molar-refractivity contribution in [1.82, 2.24) is 9.80 Å². The Morgan fingerprint density at radius 3 is 3.07 bits per heavy atom. The molecule has 5 heteroatoms. The maximum Gasteiger partial charge on any atom is 0.136 e. The molecular weight excluding hydrogens is 182 g/mol. The summed E-state index contributed by atoms with van der Waals surface area (Å²) in [5.41, 5.74) is 0. The predicted molar refractivity (Wildman–Crippen MR) is 53.6 cm³/mol. The molecule has 14 heavy (non-hydrogen) atoms. The van der Waals surface area contributed by atoms with E-state index < -0.39 is 0 Å². The molecule has 0 radical (unpaired) electrons. The molecular formula is C9H13N3O2. The summed E-state index contributed by atoms with van der Waals surface area (Å²) in [5, 5.41) is 2.74. The Kier molecular flexibility index (Phi) is 3.87. The molecule has 0 aromatic rings. The number of hydrogen-bond donors (Lipinski definition) is 0. The molecule has 1 aliphatic rings. The lowest BCUT2D eigenvalue weighted by Gasteiger charge is -2.20. The van der Waals surface area contributed by atoms with Gasteiger partial charge in [-0.25, -0.2) is 0 Å². The van der Waals surface area contributed by atoms with Crippen molar-refractivity contribution in [2.45, 2.75) is 0 Å². The van der Waals surface area contributed by atoms with Gasteiger partial charge in [-0.3, -0.25) is 0 Å². The summed E-state index contributed by atoms with van der Waals surface area (Å²) in [5.74, 6) is 0.698. The molecule has 0 saturated heterocycles. The van der Waals surface area contributed by atoms with Gasteiger partial charge in [0.15, 0.2) is 0 Å². The van der Waals surface area contributed by atoms with Crippen LogP contribution in [0.1, 0.15) is 0 Å². The predicted octanol–water partition coefficient (Wildman–Crippen LogP) is 1.43. The molecule has 0 aromatic heterocycles. The first-order valence-electron chi connectivity index (χ1n) is 4.18. The Bertz CT molecular complexity index is 273. The van der Waals surface area contributed by atoms with Gasteiger partial charge in [0, 0.05) is 19.4 Å². The molecule has 76 valence electrons. The van der Waals surface area contributed by atoms with Crippen LogP contribution in [0.5, 0.6) is 0 Å². The van der Waals surface area contributed by atoms with Crippen molar-refractivity contribution in [3.63, 3.8) is 0 Å². The Hall–Kier alpha value is -1.62. The minimum atomic E-state index is 0.383. The van der Waals surface area contributed by atoms with Crippen molar-refractivity contribution in [2.75, 3.05) is 20.4 Å². The van der Waals surface area contributed by atoms with E-state index in [0.29, 0.717) is 19.2 Å². The van der Waals surface area contributed by atoms with Crippen LogP contribution in [0.3, 0.4) is 0 Å². The van der Waals surface area contributed by atoms with E-state index in [1.165, 1.54) is 6.20 Å². The molecule has 5 nitrogen and oxygen atoms in total. The SMILES string of the molecule is C=CCOCN1C=CN(C)/C1=C\N=O. The van der Waals surface area contributed by atoms with E-state index in [4.69, 9.17) is 4.74 Å². The van der Waals surface area contributed by atoms with Crippen LogP contribution in [0.2, 0.25) is 0 Å². The van der Waals surface area contributed by atoms with Gasteiger partial charge in [0.05, 0.1) is 6.61 Å². The van der Waals surface area contributed by atoms with Crippen LogP contribution in [-0.2, 0) is 4.74 Å². The first-order valence-corrected chi connectivity index (χ1v) is 4.18. The van der Waals surface area contributed by atoms with Gasteiger partial charge >= 0.3 is 0 Å². The monoisotopic (exact) mass is 195 g/mol. The highest BCUT2D eigenvalue weighted by Gasteiger charge is 2.16. The zero-order valence-electron chi connectivity index (χ0n) is 8.09. The third kappa shape index (κ3) is 2.43. The van der Waals surface area contributed by atoms with Crippen LogP contribution < -0.4 is 0 Å².